The molecular formula is C24H29NO7. The molecule has 0 fully saturated rings. The Morgan fingerprint density at radius 1 is 1.19 bits per heavy atom. The van der Waals surface area contributed by atoms with Crippen molar-refractivity contribution in [2.24, 2.45) is 17.8 Å². The molecule has 1 aliphatic heterocycles. The highest BCUT2D eigenvalue weighted by Crippen LogP contribution is 2.48. The van der Waals surface area contributed by atoms with Crippen LogP contribution in [-0.2, 0) is 23.9 Å². The van der Waals surface area contributed by atoms with Crippen molar-refractivity contribution in [2.75, 3.05) is 20.3 Å². The Hall–Kier alpha value is -3.29. The maximum absolute atomic E-state index is 13.6. The lowest BCUT2D eigenvalue weighted by Gasteiger charge is -2.41. The smallest absolute Gasteiger partial charge is 0.316 e. The molecule has 0 amide bonds. The second kappa shape index (κ2) is 9.46. The summed E-state index contributed by atoms with van der Waals surface area (Å²) in [6, 6.07) is 4.70. The fourth-order valence-corrected chi connectivity index (χ4v) is 4.55. The highest BCUT2D eigenvalue weighted by molar-refractivity contribution is 6.11. The molecular weight excluding hydrogens is 414 g/mol. The minimum atomic E-state index is -0.972. The molecule has 1 aromatic carbocycles. The van der Waals surface area contributed by atoms with Crippen LogP contribution in [0.1, 0.15) is 38.7 Å². The topological polar surface area (TPSA) is 111 Å². The Kier molecular flexibility index (Phi) is 6.91. The standard InChI is InChI=1S/C24H29NO7/c1-6-31-17-11-14(8-9-16(17)26)20-19(24(29)32-7-2)13(4)25-15-10-12(3)18(23(28)30-5)22(27)21(15)20/h8-9,11-12,18-20,25-26H,4,6-7,10H2,1-3,5H3. The van der Waals surface area contributed by atoms with Crippen LogP contribution in [0.15, 0.2) is 41.7 Å². The van der Waals surface area contributed by atoms with Gasteiger partial charge in [-0.2, -0.15) is 0 Å². The molecule has 4 atom stereocenters. The number of carbonyl (C=O) groups excluding carboxylic acids is 3. The normalized spacial score (nSPS) is 25.0. The molecule has 8 heteroatoms. The van der Waals surface area contributed by atoms with Crippen molar-refractivity contribution in [1.29, 1.82) is 0 Å². The maximum Gasteiger partial charge on any atom is 0.316 e. The molecule has 0 bridgehead atoms. The van der Waals surface area contributed by atoms with Gasteiger partial charge in [-0.3, -0.25) is 14.4 Å². The van der Waals surface area contributed by atoms with E-state index in [4.69, 9.17) is 14.2 Å². The Morgan fingerprint density at radius 3 is 2.53 bits per heavy atom. The average molecular weight is 443 g/mol. The summed E-state index contributed by atoms with van der Waals surface area (Å²) in [5.41, 5.74) is 1.95. The molecule has 4 unspecified atom stereocenters. The number of nitrogens with one attached hydrogen (secondary N) is 1. The van der Waals surface area contributed by atoms with Gasteiger partial charge < -0.3 is 24.6 Å². The van der Waals surface area contributed by atoms with E-state index >= 15 is 0 Å². The molecule has 2 N–H and O–H groups in total. The summed E-state index contributed by atoms with van der Waals surface area (Å²) in [6.07, 6.45) is 0.419. The van der Waals surface area contributed by atoms with E-state index in [1.54, 1.807) is 26.0 Å². The molecule has 2 aliphatic rings. The fourth-order valence-electron chi connectivity index (χ4n) is 4.55. The second-order valence-electron chi connectivity index (χ2n) is 7.96. The molecule has 1 aromatic rings. The predicted octanol–water partition coefficient (Wildman–Crippen LogP) is 2.82. The van der Waals surface area contributed by atoms with Crippen molar-refractivity contribution in [3.63, 3.8) is 0 Å². The summed E-state index contributed by atoms with van der Waals surface area (Å²) in [7, 11) is 1.25. The number of esters is 2. The summed E-state index contributed by atoms with van der Waals surface area (Å²) in [6.45, 7) is 9.82. The van der Waals surface area contributed by atoms with Crippen LogP contribution < -0.4 is 10.1 Å². The highest BCUT2D eigenvalue weighted by Gasteiger charge is 2.49. The Bertz CT molecular complexity index is 981. The molecule has 1 heterocycles. The van der Waals surface area contributed by atoms with Gasteiger partial charge in [0.1, 0.15) is 11.8 Å². The van der Waals surface area contributed by atoms with Gasteiger partial charge in [0.25, 0.3) is 0 Å². The van der Waals surface area contributed by atoms with E-state index < -0.39 is 35.5 Å². The number of aromatic hydroxyl groups is 1. The van der Waals surface area contributed by atoms with Gasteiger partial charge in [0.05, 0.1) is 20.3 Å². The van der Waals surface area contributed by atoms with Crippen molar-refractivity contribution in [3.05, 3.63) is 47.3 Å². The lowest BCUT2D eigenvalue weighted by Crippen LogP contribution is -2.46. The van der Waals surface area contributed by atoms with Crippen LogP contribution in [0.3, 0.4) is 0 Å². The molecule has 8 nitrogen and oxygen atoms in total. The van der Waals surface area contributed by atoms with Crippen molar-refractivity contribution in [2.45, 2.75) is 33.1 Å². The molecule has 0 saturated carbocycles. The number of rotatable bonds is 6. The number of allylic oxidation sites excluding steroid dienone is 2. The first-order valence-electron chi connectivity index (χ1n) is 10.7. The molecule has 0 spiro atoms. The number of hydrogen-bond acceptors (Lipinski definition) is 8. The largest absolute Gasteiger partial charge is 0.504 e. The number of methoxy groups -OCH3 is 1. The van der Waals surface area contributed by atoms with Gasteiger partial charge in [0, 0.05) is 22.9 Å². The fraction of sp³-hybridized carbons (Fsp3) is 0.458. The minimum Gasteiger partial charge on any atom is -0.504 e. The number of phenols is 1. The lowest BCUT2D eigenvalue weighted by atomic mass is 9.67. The zero-order chi connectivity index (χ0) is 23.6. The summed E-state index contributed by atoms with van der Waals surface area (Å²) >= 11 is 0. The van der Waals surface area contributed by atoms with Gasteiger partial charge in [-0.15, -0.1) is 0 Å². The van der Waals surface area contributed by atoms with Crippen LogP contribution in [0, 0.1) is 17.8 Å². The molecule has 32 heavy (non-hydrogen) atoms. The Labute approximate surface area is 187 Å². The maximum atomic E-state index is 13.6. The van der Waals surface area contributed by atoms with E-state index in [0.717, 1.165) is 0 Å². The molecule has 172 valence electrons. The van der Waals surface area contributed by atoms with E-state index in [1.807, 2.05) is 6.92 Å². The van der Waals surface area contributed by atoms with Gasteiger partial charge in [-0.05, 0) is 43.9 Å². The first kappa shape index (κ1) is 23.4. The van der Waals surface area contributed by atoms with Crippen molar-refractivity contribution in [3.8, 4) is 11.5 Å². The zero-order valence-corrected chi connectivity index (χ0v) is 18.8. The van der Waals surface area contributed by atoms with Gasteiger partial charge in [0.15, 0.2) is 17.3 Å². The highest BCUT2D eigenvalue weighted by atomic mass is 16.5. The molecule has 0 aromatic heterocycles. The van der Waals surface area contributed by atoms with Gasteiger partial charge >= 0.3 is 11.9 Å². The quantitative estimate of drug-likeness (QED) is 0.510. The van der Waals surface area contributed by atoms with Crippen LogP contribution in [0.4, 0.5) is 0 Å². The Balaban J connectivity index is 2.21. The number of carbonyl (C=O) groups is 3. The summed E-state index contributed by atoms with van der Waals surface area (Å²) in [5.74, 6) is -4.27. The van der Waals surface area contributed by atoms with Crippen LogP contribution in [0.25, 0.3) is 0 Å². The number of ketones is 1. The van der Waals surface area contributed by atoms with Crippen LogP contribution in [0.5, 0.6) is 11.5 Å². The summed E-state index contributed by atoms with van der Waals surface area (Å²) in [5, 5.41) is 13.3. The van der Waals surface area contributed by atoms with E-state index in [9.17, 15) is 19.5 Å². The van der Waals surface area contributed by atoms with E-state index in [-0.39, 0.29) is 24.0 Å². The van der Waals surface area contributed by atoms with Gasteiger partial charge in [0.2, 0.25) is 0 Å². The first-order valence-corrected chi connectivity index (χ1v) is 10.7. The zero-order valence-electron chi connectivity index (χ0n) is 18.8. The SMILES string of the molecule is C=C1NC2=C(C(=O)C(C(=O)OC)C(C)C2)C(c2ccc(O)c(OCC)c2)C1C(=O)OCC. The monoisotopic (exact) mass is 443 g/mol. The minimum absolute atomic E-state index is 0.0544. The molecule has 1 aliphatic carbocycles. The first-order chi connectivity index (χ1) is 15.2. The predicted molar refractivity (Wildman–Crippen MR) is 116 cm³/mol. The summed E-state index contributed by atoms with van der Waals surface area (Å²) in [4.78, 5) is 39.0. The third kappa shape index (κ3) is 4.09. The lowest BCUT2D eigenvalue weighted by molar-refractivity contribution is -0.151. The second-order valence-corrected chi connectivity index (χ2v) is 7.96. The third-order valence-corrected chi connectivity index (χ3v) is 5.94. The van der Waals surface area contributed by atoms with E-state index in [1.165, 1.54) is 13.2 Å². The molecule has 3 rings (SSSR count). The molecule has 0 radical (unpaired) electrons. The number of ether oxygens (including phenoxy) is 3. The van der Waals surface area contributed by atoms with Gasteiger partial charge in [-0.1, -0.05) is 19.6 Å². The van der Waals surface area contributed by atoms with Gasteiger partial charge in [-0.25, -0.2) is 0 Å². The van der Waals surface area contributed by atoms with Crippen LogP contribution in [0.2, 0.25) is 0 Å². The molecule has 0 saturated heterocycles. The van der Waals surface area contributed by atoms with Crippen molar-refractivity contribution >= 4 is 17.7 Å². The Morgan fingerprint density at radius 2 is 1.91 bits per heavy atom. The average Bonchev–Trinajstić information content (AvgIpc) is 2.74. The number of benzene rings is 1. The van der Waals surface area contributed by atoms with E-state index in [0.29, 0.717) is 35.6 Å². The third-order valence-electron chi connectivity index (χ3n) is 5.94. The van der Waals surface area contributed by atoms with Crippen molar-refractivity contribution < 1.29 is 33.7 Å². The van der Waals surface area contributed by atoms with Crippen LogP contribution >= 0.6 is 0 Å². The number of phenolic OH excluding ortho intramolecular Hbond substituents is 1. The summed E-state index contributed by atoms with van der Waals surface area (Å²) < 4.78 is 15.7. The van der Waals surface area contributed by atoms with Crippen LogP contribution in [-0.4, -0.2) is 43.2 Å². The number of hydrogen-bond donors (Lipinski definition) is 2. The number of Topliss-reactive ketones (excluding diaryl/α,β-unsaturated/α-hetero) is 1. The van der Waals surface area contributed by atoms with Crippen molar-refractivity contribution in [1.82, 2.24) is 5.32 Å². The van der Waals surface area contributed by atoms with E-state index in [2.05, 4.69) is 11.9 Å².